The zero-order valence-electron chi connectivity index (χ0n) is 16.5. The average Bonchev–Trinajstić information content (AvgIpc) is 2.71. The van der Waals surface area contributed by atoms with Crippen molar-refractivity contribution < 1.29 is 14.3 Å². The van der Waals surface area contributed by atoms with Crippen LogP contribution in [0.25, 0.3) is 0 Å². The normalized spacial score (nSPS) is 15.4. The van der Waals surface area contributed by atoms with Gasteiger partial charge in [0.15, 0.2) is 17.6 Å². The maximum absolute atomic E-state index is 12.7. The zero-order chi connectivity index (χ0) is 19.2. The van der Waals surface area contributed by atoms with Crippen LogP contribution in [0.15, 0.2) is 42.5 Å². The molecule has 3 rings (SSSR count). The second kappa shape index (κ2) is 8.94. The van der Waals surface area contributed by atoms with Crippen LogP contribution in [0, 0.1) is 0 Å². The highest BCUT2D eigenvalue weighted by atomic mass is 16.5. The minimum Gasteiger partial charge on any atom is -0.493 e. The Kier molecular flexibility index (Phi) is 6.38. The van der Waals surface area contributed by atoms with E-state index in [0.717, 1.165) is 12.8 Å². The molecule has 144 valence electrons. The van der Waals surface area contributed by atoms with Crippen LogP contribution < -0.4 is 14.8 Å². The molecule has 0 unspecified atom stereocenters. The first-order chi connectivity index (χ1) is 13.1. The maximum atomic E-state index is 12.7. The lowest BCUT2D eigenvalue weighted by Crippen LogP contribution is -2.38. The number of ether oxygens (including phenoxy) is 2. The Labute approximate surface area is 161 Å². The molecule has 1 amide bonds. The van der Waals surface area contributed by atoms with Crippen molar-refractivity contribution in [2.24, 2.45) is 0 Å². The molecule has 4 nitrogen and oxygen atoms in total. The molecule has 27 heavy (non-hydrogen) atoms. The van der Waals surface area contributed by atoms with Gasteiger partial charge in [0.25, 0.3) is 5.91 Å². The Balaban J connectivity index is 1.67. The van der Waals surface area contributed by atoms with Crippen molar-refractivity contribution in [2.75, 3.05) is 7.11 Å². The molecule has 0 aromatic heterocycles. The largest absolute Gasteiger partial charge is 0.493 e. The number of amides is 1. The monoisotopic (exact) mass is 367 g/mol. The average molecular weight is 367 g/mol. The molecule has 0 heterocycles. The van der Waals surface area contributed by atoms with Gasteiger partial charge in [-0.15, -0.1) is 0 Å². The van der Waals surface area contributed by atoms with Gasteiger partial charge in [-0.25, -0.2) is 0 Å². The van der Waals surface area contributed by atoms with Crippen molar-refractivity contribution in [3.8, 4) is 11.5 Å². The van der Waals surface area contributed by atoms with Crippen molar-refractivity contribution in [1.82, 2.24) is 5.32 Å². The lowest BCUT2D eigenvalue weighted by molar-refractivity contribution is -0.128. The first-order valence-corrected chi connectivity index (χ1v) is 9.84. The third-order valence-corrected chi connectivity index (χ3v) is 5.24. The molecule has 2 aromatic carbocycles. The smallest absolute Gasteiger partial charge is 0.261 e. The molecule has 0 spiro atoms. The van der Waals surface area contributed by atoms with E-state index in [1.165, 1.54) is 36.0 Å². The van der Waals surface area contributed by atoms with E-state index in [2.05, 4.69) is 30.4 Å². The van der Waals surface area contributed by atoms with Gasteiger partial charge in [0.05, 0.1) is 13.2 Å². The Morgan fingerprint density at radius 1 is 1.07 bits per heavy atom. The predicted octanol–water partition coefficient (Wildman–Crippen LogP) is 4.61. The summed E-state index contributed by atoms with van der Waals surface area (Å²) in [7, 11) is 1.59. The number of methoxy groups -OCH3 is 1. The summed E-state index contributed by atoms with van der Waals surface area (Å²) in [5.41, 5.74) is 4.07. The molecular weight excluding hydrogens is 338 g/mol. The molecule has 2 aromatic rings. The van der Waals surface area contributed by atoms with Crippen LogP contribution in [-0.4, -0.2) is 19.1 Å². The fourth-order valence-electron chi connectivity index (χ4n) is 3.64. The van der Waals surface area contributed by atoms with Crippen LogP contribution in [0.4, 0.5) is 0 Å². The third kappa shape index (κ3) is 4.62. The summed E-state index contributed by atoms with van der Waals surface area (Å²) in [4.78, 5) is 12.7. The van der Waals surface area contributed by atoms with Crippen molar-refractivity contribution in [3.05, 3.63) is 59.2 Å². The number of para-hydroxylation sites is 2. The summed E-state index contributed by atoms with van der Waals surface area (Å²) in [5.74, 6) is 1.08. The predicted molar refractivity (Wildman–Crippen MR) is 107 cm³/mol. The highest BCUT2D eigenvalue weighted by molar-refractivity contribution is 5.81. The highest BCUT2D eigenvalue weighted by Crippen LogP contribution is 2.28. The second-order valence-corrected chi connectivity index (χ2v) is 7.12. The Bertz CT molecular complexity index is 787. The Hall–Kier alpha value is -2.49. The Morgan fingerprint density at radius 3 is 2.48 bits per heavy atom. The van der Waals surface area contributed by atoms with Crippen LogP contribution in [0.3, 0.4) is 0 Å². The van der Waals surface area contributed by atoms with E-state index in [1.54, 1.807) is 14.0 Å². The fraction of sp³-hybridized carbons (Fsp3) is 0.435. The van der Waals surface area contributed by atoms with Gasteiger partial charge in [0, 0.05) is 0 Å². The summed E-state index contributed by atoms with van der Waals surface area (Å²) >= 11 is 0. The third-order valence-electron chi connectivity index (χ3n) is 5.24. The second-order valence-electron chi connectivity index (χ2n) is 7.12. The van der Waals surface area contributed by atoms with Crippen molar-refractivity contribution in [2.45, 2.75) is 58.1 Å². The number of carbonyl (C=O) groups is 1. The maximum Gasteiger partial charge on any atom is 0.261 e. The van der Waals surface area contributed by atoms with Gasteiger partial charge in [-0.1, -0.05) is 37.3 Å². The summed E-state index contributed by atoms with van der Waals surface area (Å²) in [6.07, 6.45) is 5.07. The lowest BCUT2D eigenvalue weighted by Gasteiger charge is -2.23. The quantitative estimate of drug-likeness (QED) is 0.777. The number of aryl methyl sites for hydroxylation is 2. The summed E-state index contributed by atoms with van der Waals surface area (Å²) < 4.78 is 11.1. The number of benzene rings is 2. The standard InChI is InChI=1S/C23H29NO3/c1-4-20(19-14-13-17-9-5-6-10-18(17)15-19)24-23(25)16(2)27-22-12-8-7-11-21(22)26-3/h7-8,11-16,20H,4-6,9-10H2,1-3H3,(H,24,25)/t16-,20-/m1/s1. The van der Waals surface area contributed by atoms with Gasteiger partial charge in [0.2, 0.25) is 0 Å². The molecule has 0 radical (unpaired) electrons. The van der Waals surface area contributed by atoms with Crippen LogP contribution in [0.5, 0.6) is 11.5 Å². The van der Waals surface area contributed by atoms with Crippen LogP contribution >= 0.6 is 0 Å². The molecule has 1 aliphatic rings. The molecule has 1 N–H and O–H groups in total. The van der Waals surface area contributed by atoms with Crippen molar-refractivity contribution in [1.29, 1.82) is 0 Å². The number of fused-ring (bicyclic) bond motifs is 1. The van der Waals surface area contributed by atoms with E-state index < -0.39 is 6.10 Å². The molecule has 0 saturated heterocycles. The van der Waals surface area contributed by atoms with E-state index in [9.17, 15) is 4.79 Å². The Morgan fingerprint density at radius 2 is 1.78 bits per heavy atom. The number of hydrogen-bond acceptors (Lipinski definition) is 3. The van der Waals surface area contributed by atoms with Crippen LogP contribution in [0.1, 0.15) is 55.8 Å². The lowest BCUT2D eigenvalue weighted by atomic mass is 9.89. The van der Waals surface area contributed by atoms with Gasteiger partial charge in [-0.05, 0) is 67.9 Å². The van der Waals surface area contributed by atoms with Gasteiger partial charge >= 0.3 is 0 Å². The van der Waals surface area contributed by atoms with Crippen LogP contribution in [0.2, 0.25) is 0 Å². The van der Waals surface area contributed by atoms with E-state index in [-0.39, 0.29) is 11.9 Å². The molecule has 1 aliphatic carbocycles. The molecule has 0 aliphatic heterocycles. The molecular formula is C23H29NO3. The van der Waals surface area contributed by atoms with E-state index in [4.69, 9.17) is 9.47 Å². The van der Waals surface area contributed by atoms with E-state index in [1.807, 2.05) is 24.3 Å². The SMILES string of the molecule is CC[C@@H](NC(=O)[C@@H](C)Oc1ccccc1OC)c1ccc2c(c1)CCCC2. The van der Waals surface area contributed by atoms with E-state index >= 15 is 0 Å². The van der Waals surface area contributed by atoms with Gasteiger partial charge in [0.1, 0.15) is 0 Å². The molecule has 2 atom stereocenters. The summed E-state index contributed by atoms with van der Waals surface area (Å²) in [6.45, 7) is 3.86. The topological polar surface area (TPSA) is 47.6 Å². The van der Waals surface area contributed by atoms with Gasteiger partial charge in [-0.2, -0.15) is 0 Å². The number of rotatable bonds is 7. The first kappa shape index (κ1) is 19.3. The number of hydrogen-bond donors (Lipinski definition) is 1. The van der Waals surface area contributed by atoms with Gasteiger partial charge in [-0.3, -0.25) is 4.79 Å². The van der Waals surface area contributed by atoms with Gasteiger partial charge < -0.3 is 14.8 Å². The summed E-state index contributed by atoms with van der Waals surface area (Å²) in [5, 5.41) is 3.14. The van der Waals surface area contributed by atoms with Crippen molar-refractivity contribution in [3.63, 3.8) is 0 Å². The molecule has 0 saturated carbocycles. The molecule has 4 heteroatoms. The minimum atomic E-state index is -0.604. The van der Waals surface area contributed by atoms with Crippen LogP contribution in [-0.2, 0) is 17.6 Å². The zero-order valence-corrected chi connectivity index (χ0v) is 16.5. The highest BCUT2D eigenvalue weighted by Gasteiger charge is 2.21. The first-order valence-electron chi connectivity index (χ1n) is 9.84. The van der Waals surface area contributed by atoms with E-state index in [0.29, 0.717) is 11.5 Å². The fourth-order valence-corrected chi connectivity index (χ4v) is 3.64. The molecule has 0 bridgehead atoms. The minimum absolute atomic E-state index is 0.00607. The number of carbonyl (C=O) groups excluding carboxylic acids is 1. The van der Waals surface area contributed by atoms with Crippen molar-refractivity contribution >= 4 is 5.91 Å². The molecule has 0 fully saturated rings. The summed E-state index contributed by atoms with van der Waals surface area (Å²) in [6, 6.07) is 14.0. The number of nitrogens with one attached hydrogen (secondary N) is 1.